The minimum absolute atomic E-state index is 0.651. The third kappa shape index (κ3) is 8.05. The van der Waals surface area contributed by atoms with Crippen LogP contribution in [0.25, 0.3) is 0 Å². The fourth-order valence-electron chi connectivity index (χ4n) is 2.63. The highest BCUT2D eigenvalue weighted by Crippen LogP contribution is 2.12. The van der Waals surface area contributed by atoms with E-state index < -0.39 is 0 Å². The molecule has 1 N–H and O–H groups in total. The summed E-state index contributed by atoms with van der Waals surface area (Å²) in [4.78, 5) is 0. The largest absolute Gasteiger partial charge is 0.314 e. The Morgan fingerprint density at radius 1 is 0.895 bits per heavy atom. The van der Waals surface area contributed by atoms with Gasteiger partial charge in [0.25, 0.3) is 0 Å². The van der Waals surface area contributed by atoms with Crippen molar-refractivity contribution in [1.82, 2.24) is 5.32 Å². The van der Waals surface area contributed by atoms with Crippen LogP contribution in [0.5, 0.6) is 0 Å². The van der Waals surface area contributed by atoms with E-state index in [1.54, 1.807) is 0 Å². The first kappa shape index (κ1) is 16.2. The predicted molar refractivity (Wildman–Crippen MR) is 85.6 cm³/mol. The summed E-state index contributed by atoms with van der Waals surface area (Å²) < 4.78 is 0. The maximum atomic E-state index is 3.63. The number of hydrogen-bond acceptors (Lipinski definition) is 1. The molecule has 1 atom stereocenters. The molecule has 1 nitrogen and oxygen atoms in total. The molecular weight excluding hydrogens is 230 g/mol. The zero-order valence-corrected chi connectivity index (χ0v) is 12.8. The van der Waals surface area contributed by atoms with E-state index in [-0.39, 0.29) is 0 Å². The lowest BCUT2D eigenvalue weighted by Gasteiger charge is -2.18. The second-order valence-electron chi connectivity index (χ2n) is 5.50. The van der Waals surface area contributed by atoms with Gasteiger partial charge in [-0.05, 0) is 24.9 Å². The fourth-order valence-corrected chi connectivity index (χ4v) is 2.63. The van der Waals surface area contributed by atoms with Crippen LogP contribution in [0.15, 0.2) is 30.3 Å². The lowest BCUT2D eigenvalue weighted by Crippen LogP contribution is -2.30. The van der Waals surface area contributed by atoms with Gasteiger partial charge in [-0.1, -0.05) is 82.7 Å². The van der Waals surface area contributed by atoms with Gasteiger partial charge in [0.1, 0.15) is 0 Å². The van der Waals surface area contributed by atoms with E-state index in [4.69, 9.17) is 0 Å². The number of rotatable bonds is 11. The zero-order valence-electron chi connectivity index (χ0n) is 12.8. The monoisotopic (exact) mass is 261 g/mol. The van der Waals surface area contributed by atoms with Crippen molar-refractivity contribution < 1.29 is 0 Å². The normalized spacial score (nSPS) is 12.5. The highest BCUT2D eigenvalue weighted by Gasteiger charge is 2.07. The molecule has 0 saturated carbocycles. The molecule has 0 fully saturated rings. The third-order valence-corrected chi connectivity index (χ3v) is 3.72. The second kappa shape index (κ2) is 11.0. The highest BCUT2D eigenvalue weighted by atomic mass is 14.9. The number of hydrogen-bond donors (Lipinski definition) is 1. The second-order valence-corrected chi connectivity index (χ2v) is 5.50. The van der Waals surface area contributed by atoms with Crippen LogP contribution in [0.3, 0.4) is 0 Å². The summed E-state index contributed by atoms with van der Waals surface area (Å²) in [6.45, 7) is 5.56. The predicted octanol–water partition coefficient (Wildman–Crippen LogP) is 4.96. The summed E-state index contributed by atoms with van der Waals surface area (Å²) in [6, 6.07) is 11.5. The van der Waals surface area contributed by atoms with Crippen molar-refractivity contribution in [2.75, 3.05) is 6.54 Å². The number of likely N-dealkylation sites (N-methyl/N-ethyl adjacent to an activating group) is 1. The first-order chi connectivity index (χ1) is 9.36. The maximum absolute atomic E-state index is 3.63. The molecular formula is C18H31N. The van der Waals surface area contributed by atoms with Crippen LogP contribution < -0.4 is 5.32 Å². The van der Waals surface area contributed by atoms with Crippen LogP contribution in [-0.4, -0.2) is 12.6 Å². The smallest absolute Gasteiger partial charge is 0.0107 e. The molecule has 0 aliphatic carbocycles. The number of benzene rings is 1. The molecule has 1 unspecified atom stereocenters. The van der Waals surface area contributed by atoms with E-state index >= 15 is 0 Å². The van der Waals surface area contributed by atoms with Crippen LogP contribution in [0.1, 0.15) is 64.4 Å². The minimum atomic E-state index is 0.651. The summed E-state index contributed by atoms with van der Waals surface area (Å²) in [5, 5.41) is 3.63. The molecule has 0 amide bonds. The van der Waals surface area contributed by atoms with Crippen LogP contribution in [-0.2, 0) is 6.42 Å². The Hall–Kier alpha value is -0.820. The fraction of sp³-hybridized carbons (Fsp3) is 0.667. The van der Waals surface area contributed by atoms with Crippen LogP contribution in [0.4, 0.5) is 0 Å². The van der Waals surface area contributed by atoms with E-state index in [2.05, 4.69) is 49.5 Å². The van der Waals surface area contributed by atoms with Gasteiger partial charge in [-0.3, -0.25) is 0 Å². The lowest BCUT2D eigenvalue weighted by molar-refractivity contribution is 0.459. The topological polar surface area (TPSA) is 12.0 Å². The zero-order chi connectivity index (χ0) is 13.8. The summed E-state index contributed by atoms with van der Waals surface area (Å²) >= 11 is 0. The molecule has 0 aromatic heterocycles. The van der Waals surface area contributed by atoms with Gasteiger partial charge < -0.3 is 5.32 Å². The Balaban J connectivity index is 2.21. The standard InChI is InChI=1S/C18H31N/c1-3-5-6-7-8-12-15-18(19-4-2)16-17-13-10-9-11-14-17/h9-11,13-14,18-19H,3-8,12,15-16H2,1-2H3. The number of nitrogens with one attached hydrogen (secondary N) is 1. The van der Waals surface area contributed by atoms with Crippen LogP contribution in [0.2, 0.25) is 0 Å². The SMILES string of the molecule is CCCCCCCCC(Cc1ccccc1)NCC. The van der Waals surface area contributed by atoms with Crippen molar-refractivity contribution in [3.63, 3.8) is 0 Å². The quantitative estimate of drug-likeness (QED) is 0.555. The van der Waals surface area contributed by atoms with E-state index in [0.717, 1.165) is 6.54 Å². The molecule has 108 valence electrons. The molecule has 1 heteroatoms. The molecule has 0 aliphatic rings. The van der Waals surface area contributed by atoms with Crippen molar-refractivity contribution in [2.24, 2.45) is 0 Å². The van der Waals surface area contributed by atoms with E-state index in [1.807, 2.05) is 0 Å². The van der Waals surface area contributed by atoms with Gasteiger partial charge >= 0.3 is 0 Å². The Bertz CT molecular complexity index is 294. The molecule has 1 rings (SSSR count). The van der Waals surface area contributed by atoms with Gasteiger partial charge in [-0.15, -0.1) is 0 Å². The van der Waals surface area contributed by atoms with E-state index in [0.29, 0.717) is 6.04 Å². The molecule has 0 aliphatic heterocycles. The summed E-state index contributed by atoms with van der Waals surface area (Å²) in [6.07, 6.45) is 10.8. The first-order valence-electron chi connectivity index (χ1n) is 8.14. The molecule has 0 radical (unpaired) electrons. The summed E-state index contributed by atoms with van der Waals surface area (Å²) in [7, 11) is 0. The summed E-state index contributed by atoms with van der Waals surface area (Å²) in [5.74, 6) is 0. The molecule has 0 spiro atoms. The molecule has 19 heavy (non-hydrogen) atoms. The molecule has 1 aromatic carbocycles. The Morgan fingerprint density at radius 2 is 1.58 bits per heavy atom. The Kier molecular flexibility index (Phi) is 9.44. The summed E-state index contributed by atoms with van der Waals surface area (Å²) in [5.41, 5.74) is 1.46. The van der Waals surface area contributed by atoms with Crippen molar-refractivity contribution in [1.29, 1.82) is 0 Å². The van der Waals surface area contributed by atoms with Crippen molar-refractivity contribution in [3.05, 3.63) is 35.9 Å². The average Bonchev–Trinajstić information content (AvgIpc) is 2.44. The van der Waals surface area contributed by atoms with Crippen molar-refractivity contribution >= 4 is 0 Å². The Labute approximate surface area is 119 Å². The van der Waals surface area contributed by atoms with E-state index in [9.17, 15) is 0 Å². The minimum Gasteiger partial charge on any atom is -0.314 e. The van der Waals surface area contributed by atoms with Gasteiger partial charge in [-0.2, -0.15) is 0 Å². The third-order valence-electron chi connectivity index (χ3n) is 3.72. The maximum Gasteiger partial charge on any atom is 0.0107 e. The molecule has 1 aromatic rings. The van der Waals surface area contributed by atoms with Crippen LogP contribution >= 0.6 is 0 Å². The lowest BCUT2D eigenvalue weighted by atomic mass is 9.99. The molecule has 0 heterocycles. The van der Waals surface area contributed by atoms with Crippen molar-refractivity contribution in [3.8, 4) is 0 Å². The van der Waals surface area contributed by atoms with Gasteiger partial charge in [0, 0.05) is 6.04 Å². The Morgan fingerprint density at radius 3 is 2.26 bits per heavy atom. The highest BCUT2D eigenvalue weighted by molar-refractivity contribution is 5.15. The average molecular weight is 261 g/mol. The van der Waals surface area contributed by atoms with Gasteiger partial charge in [0.05, 0.1) is 0 Å². The van der Waals surface area contributed by atoms with Crippen LogP contribution in [0, 0.1) is 0 Å². The van der Waals surface area contributed by atoms with Gasteiger partial charge in [-0.25, -0.2) is 0 Å². The first-order valence-corrected chi connectivity index (χ1v) is 8.14. The van der Waals surface area contributed by atoms with Gasteiger partial charge in [0.15, 0.2) is 0 Å². The molecule has 0 saturated heterocycles. The molecule has 0 bridgehead atoms. The van der Waals surface area contributed by atoms with Gasteiger partial charge in [0.2, 0.25) is 0 Å². The van der Waals surface area contributed by atoms with E-state index in [1.165, 1.54) is 56.9 Å². The number of unbranched alkanes of at least 4 members (excludes halogenated alkanes) is 5. The van der Waals surface area contributed by atoms with Crippen molar-refractivity contribution in [2.45, 2.75) is 71.3 Å².